The summed E-state index contributed by atoms with van der Waals surface area (Å²) in [5.74, 6) is 1.01. The highest BCUT2D eigenvalue weighted by Crippen LogP contribution is 2.39. The van der Waals surface area contributed by atoms with Crippen LogP contribution in [-0.4, -0.2) is 48.2 Å². The van der Waals surface area contributed by atoms with Crippen LogP contribution in [0.25, 0.3) is 11.5 Å². The number of hydrogen-bond acceptors (Lipinski definition) is 10. The molecule has 0 saturated carbocycles. The molecule has 166 valence electrons. The summed E-state index contributed by atoms with van der Waals surface area (Å²) in [5.41, 5.74) is 2.17. The highest BCUT2D eigenvalue weighted by molar-refractivity contribution is 7.99. The van der Waals surface area contributed by atoms with Crippen LogP contribution in [0.1, 0.15) is 27.2 Å². The molecule has 3 heterocycles. The molecule has 0 fully saturated rings. The maximum absolute atomic E-state index is 12.5. The minimum absolute atomic E-state index is 0.0615. The molecule has 1 aromatic carbocycles. The van der Waals surface area contributed by atoms with Crippen molar-refractivity contribution in [1.82, 2.24) is 10.2 Å². The Morgan fingerprint density at radius 1 is 1.19 bits per heavy atom. The number of esters is 1. The van der Waals surface area contributed by atoms with Crippen LogP contribution in [0.2, 0.25) is 0 Å². The number of methoxy groups -OCH3 is 1. The number of amides is 1. The molecular formula is C21H19N3O6S2. The van der Waals surface area contributed by atoms with Crippen LogP contribution in [0.4, 0.5) is 5.00 Å². The summed E-state index contributed by atoms with van der Waals surface area (Å²) in [6.45, 7) is 1.01. The number of aryl methyl sites for hydroxylation is 1. The third kappa shape index (κ3) is 4.05. The van der Waals surface area contributed by atoms with Crippen LogP contribution < -0.4 is 14.8 Å². The van der Waals surface area contributed by atoms with Crippen LogP contribution >= 0.6 is 23.1 Å². The van der Waals surface area contributed by atoms with Gasteiger partial charge in [-0.1, -0.05) is 11.8 Å². The number of anilines is 1. The van der Waals surface area contributed by atoms with Crippen molar-refractivity contribution in [3.63, 3.8) is 0 Å². The SMILES string of the molecule is COC(=O)c1c(NC(=O)CSc2nnc(-c3ccc4c(c3)OCCO4)o2)sc2c1CCC2. The molecule has 0 atom stereocenters. The van der Waals surface area contributed by atoms with Gasteiger partial charge in [0.1, 0.15) is 18.2 Å². The molecule has 32 heavy (non-hydrogen) atoms. The monoisotopic (exact) mass is 473 g/mol. The molecule has 2 aromatic heterocycles. The third-order valence-electron chi connectivity index (χ3n) is 5.09. The first-order valence-electron chi connectivity index (χ1n) is 10.0. The molecule has 1 aliphatic heterocycles. The molecule has 0 unspecified atom stereocenters. The van der Waals surface area contributed by atoms with Gasteiger partial charge in [0, 0.05) is 10.4 Å². The standard InChI is InChI=1S/C21H19N3O6S2/c1-27-20(26)17-12-3-2-4-15(12)32-19(17)22-16(25)10-31-21-24-23-18(30-21)11-5-6-13-14(9-11)29-8-7-28-13/h5-6,9H,2-4,7-8,10H2,1H3,(H,22,25). The van der Waals surface area contributed by atoms with Gasteiger partial charge in [-0.3, -0.25) is 4.79 Å². The number of nitrogens with zero attached hydrogens (tertiary/aromatic N) is 2. The van der Waals surface area contributed by atoms with Gasteiger partial charge in [-0.2, -0.15) is 0 Å². The fraction of sp³-hybridized carbons (Fsp3) is 0.333. The minimum Gasteiger partial charge on any atom is -0.486 e. The van der Waals surface area contributed by atoms with Crippen molar-refractivity contribution in [2.24, 2.45) is 0 Å². The number of benzene rings is 1. The zero-order valence-electron chi connectivity index (χ0n) is 17.1. The average molecular weight is 474 g/mol. The van der Waals surface area contributed by atoms with E-state index < -0.39 is 5.97 Å². The lowest BCUT2D eigenvalue weighted by Crippen LogP contribution is -2.16. The average Bonchev–Trinajstić information content (AvgIpc) is 3.53. The van der Waals surface area contributed by atoms with E-state index in [4.69, 9.17) is 18.6 Å². The van der Waals surface area contributed by atoms with E-state index in [9.17, 15) is 9.59 Å². The van der Waals surface area contributed by atoms with E-state index in [2.05, 4.69) is 15.5 Å². The number of carbonyl (C=O) groups excluding carboxylic acids is 2. The van der Waals surface area contributed by atoms with Crippen LogP contribution in [0.15, 0.2) is 27.8 Å². The Bertz CT molecular complexity index is 1190. The molecular weight excluding hydrogens is 454 g/mol. The zero-order valence-corrected chi connectivity index (χ0v) is 18.8. The Balaban J connectivity index is 1.23. The normalized spacial score (nSPS) is 14.2. The van der Waals surface area contributed by atoms with E-state index in [1.165, 1.54) is 18.4 Å². The van der Waals surface area contributed by atoms with Gasteiger partial charge in [0.25, 0.3) is 5.22 Å². The maximum atomic E-state index is 12.5. The maximum Gasteiger partial charge on any atom is 0.341 e. The second-order valence-corrected chi connectivity index (χ2v) is 9.15. The highest BCUT2D eigenvalue weighted by atomic mass is 32.2. The van der Waals surface area contributed by atoms with Gasteiger partial charge in [-0.25, -0.2) is 4.79 Å². The van der Waals surface area contributed by atoms with Crippen LogP contribution in [0, 0.1) is 0 Å². The number of thiophene rings is 1. The second kappa shape index (κ2) is 8.83. The molecule has 5 rings (SSSR count). The lowest BCUT2D eigenvalue weighted by molar-refractivity contribution is -0.113. The molecule has 0 radical (unpaired) electrons. The van der Waals surface area contributed by atoms with Gasteiger partial charge in [0.2, 0.25) is 11.8 Å². The molecule has 11 heteroatoms. The van der Waals surface area contributed by atoms with Crippen molar-refractivity contribution in [3.05, 3.63) is 34.2 Å². The molecule has 1 N–H and O–H groups in total. The second-order valence-electron chi connectivity index (χ2n) is 7.12. The van der Waals surface area contributed by atoms with Crippen molar-refractivity contribution >= 4 is 40.0 Å². The number of thioether (sulfide) groups is 1. The molecule has 9 nitrogen and oxygen atoms in total. The fourth-order valence-corrected chi connectivity index (χ4v) is 5.52. The van der Waals surface area contributed by atoms with E-state index in [-0.39, 0.29) is 16.9 Å². The first-order chi connectivity index (χ1) is 15.6. The van der Waals surface area contributed by atoms with Crippen molar-refractivity contribution in [2.45, 2.75) is 24.5 Å². The van der Waals surface area contributed by atoms with E-state index in [1.54, 1.807) is 12.1 Å². The van der Waals surface area contributed by atoms with Gasteiger partial charge < -0.3 is 23.9 Å². The Kier molecular flexibility index (Phi) is 5.75. The summed E-state index contributed by atoms with van der Waals surface area (Å²) in [4.78, 5) is 25.9. The molecule has 0 spiro atoms. The number of nitrogens with one attached hydrogen (secondary N) is 1. The number of aromatic nitrogens is 2. The first kappa shape index (κ1) is 20.8. The zero-order chi connectivity index (χ0) is 22.1. The fourth-order valence-electron chi connectivity index (χ4n) is 3.66. The Morgan fingerprint density at radius 3 is 2.88 bits per heavy atom. The Hall–Kier alpha value is -3.05. The highest BCUT2D eigenvalue weighted by Gasteiger charge is 2.28. The van der Waals surface area contributed by atoms with Crippen molar-refractivity contribution in [3.8, 4) is 23.0 Å². The smallest absolute Gasteiger partial charge is 0.341 e. The van der Waals surface area contributed by atoms with E-state index >= 15 is 0 Å². The van der Waals surface area contributed by atoms with Gasteiger partial charge in [-0.05, 0) is 43.0 Å². The van der Waals surface area contributed by atoms with Crippen LogP contribution in [0.5, 0.6) is 11.5 Å². The summed E-state index contributed by atoms with van der Waals surface area (Å²) >= 11 is 2.56. The van der Waals surface area contributed by atoms with Crippen LogP contribution in [-0.2, 0) is 22.4 Å². The lowest BCUT2D eigenvalue weighted by Gasteiger charge is -2.18. The molecule has 3 aromatic rings. The van der Waals surface area contributed by atoms with Crippen molar-refractivity contribution in [1.29, 1.82) is 0 Å². The molecule has 1 amide bonds. The van der Waals surface area contributed by atoms with E-state index in [0.29, 0.717) is 46.7 Å². The first-order valence-corrected chi connectivity index (χ1v) is 11.8. The molecule has 1 aliphatic carbocycles. The number of fused-ring (bicyclic) bond motifs is 2. The Labute approximate surface area is 191 Å². The topological polar surface area (TPSA) is 113 Å². The largest absolute Gasteiger partial charge is 0.486 e. The van der Waals surface area contributed by atoms with Gasteiger partial charge in [-0.15, -0.1) is 21.5 Å². The predicted molar refractivity (Wildman–Crippen MR) is 118 cm³/mol. The van der Waals surface area contributed by atoms with Gasteiger partial charge in [0.15, 0.2) is 11.5 Å². The number of ether oxygens (including phenoxy) is 3. The van der Waals surface area contributed by atoms with E-state index in [1.807, 2.05) is 6.07 Å². The molecule has 0 bridgehead atoms. The molecule has 0 saturated heterocycles. The molecule has 2 aliphatic rings. The van der Waals surface area contributed by atoms with Gasteiger partial charge in [0.05, 0.1) is 18.4 Å². The number of carbonyl (C=O) groups is 2. The summed E-state index contributed by atoms with van der Waals surface area (Å²) < 4.78 is 21.7. The number of rotatable bonds is 6. The summed E-state index contributed by atoms with van der Waals surface area (Å²) in [5, 5.41) is 11.7. The van der Waals surface area contributed by atoms with Crippen LogP contribution in [0.3, 0.4) is 0 Å². The Morgan fingerprint density at radius 2 is 2.03 bits per heavy atom. The number of hydrogen-bond donors (Lipinski definition) is 1. The van der Waals surface area contributed by atoms with E-state index in [0.717, 1.165) is 41.5 Å². The third-order valence-corrected chi connectivity index (χ3v) is 7.11. The van der Waals surface area contributed by atoms with Crippen molar-refractivity contribution < 1.29 is 28.2 Å². The van der Waals surface area contributed by atoms with Crippen molar-refractivity contribution in [2.75, 3.05) is 31.4 Å². The lowest BCUT2D eigenvalue weighted by atomic mass is 10.1. The van der Waals surface area contributed by atoms with Gasteiger partial charge >= 0.3 is 5.97 Å². The quantitative estimate of drug-likeness (QED) is 0.424. The summed E-state index contributed by atoms with van der Waals surface area (Å²) in [6.07, 6.45) is 2.75. The minimum atomic E-state index is -0.423. The predicted octanol–water partition coefficient (Wildman–Crippen LogP) is 3.58. The summed E-state index contributed by atoms with van der Waals surface area (Å²) in [7, 11) is 1.34. The summed E-state index contributed by atoms with van der Waals surface area (Å²) in [6, 6.07) is 5.39.